The van der Waals surface area contributed by atoms with Crippen LogP contribution < -0.4 is 0 Å². The Hall–Kier alpha value is -2.19. The van der Waals surface area contributed by atoms with Crippen LogP contribution in [0, 0.1) is 0 Å². The molecule has 0 aliphatic carbocycles. The van der Waals surface area contributed by atoms with E-state index < -0.39 is 15.3 Å². The molecule has 7 nitrogen and oxygen atoms in total. The molecule has 150 valence electrons. The van der Waals surface area contributed by atoms with Crippen LogP contribution in [0.3, 0.4) is 0 Å². The number of piperidine rings is 2. The maximum absolute atomic E-state index is 13.2. The van der Waals surface area contributed by atoms with Crippen molar-refractivity contribution in [3.8, 4) is 0 Å². The summed E-state index contributed by atoms with van der Waals surface area (Å²) in [5, 5.41) is 3.76. The minimum absolute atomic E-state index is 0.0853. The van der Waals surface area contributed by atoms with Crippen LogP contribution in [-0.2, 0) is 10.0 Å². The van der Waals surface area contributed by atoms with Crippen LogP contribution in [0.15, 0.2) is 48.8 Å². The Kier molecular flexibility index (Phi) is 5.50. The largest absolute Gasteiger partial charge is 0.337 e. The lowest BCUT2D eigenvalue weighted by atomic mass is 10.1. The fourth-order valence-electron chi connectivity index (χ4n) is 4.20. The number of hydrogen-bond acceptors (Lipinski definition) is 4. The topological polar surface area (TPSA) is 75.5 Å². The van der Waals surface area contributed by atoms with Gasteiger partial charge in [0.15, 0.2) is 0 Å². The molecule has 2 saturated heterocycles. The molecule has 3 heterocycles. The van der Waals surface area contributed by atoms with E-state index in [-0.39, 0.29) is 18.5 Å². The summed E-state index contributed by atoms with van der Waals surface area (Å²) in [6, 6.07) is 11.2. The molecule has 2 aliphatic heterocycles. The number of nitrogens with zero attached hydrogens (tertiary/aromatic N) is 4. The van der Waals surface area contributed by atoms with Gasteiger partial charge < -0.3 is 4.90 Å². The molecule has 0 N–H and O–H groups in total. The van der Waals surface area contributed by atoms with E-state index >= 15 is 0 Å². The van der Waals surface area contributed by atoms with Crippen molar-refractivity contribution in [2.45, 2.75) is 37.0 Å². The van der Waals surface area contributed by atoms with Crippen molar-refractivity contribution in [3.05, 3.63) is 54.4 Å². The van der Waals surface area contributed by atoms with Crippen molar-refractivity contribution >= 4 is 15.9 Å². The third kappa shape index (κ3) is 3.84. The van der Waals surface area contributed by atoms with Gasteiger partial charge in [0.25, 0.3) is 5.91 Å². The molecule has 2 fully saturated rings. The molecule has 8 heteroatoms. The van der Waals surface area contributed by atoms with E-state index in [1.807, 2.05) is 35.1 Å². The lowest BCUT2D eigenvalue weighted by Crippen LogP contribution is -2.51. The Morgan fingerprint density at radius 2 is 1.75 bits per heavy atom. The van der Waals surface area contributed by atoms with E-state index in [2.05, 4.69) is 5.10 Å². The van der Waals surface area contributed by atoms with Gasteiger partial charge in [0.1, 0.15) is 0 Å². The van der Waals surface area contributed by atoms with E-state index in [9.17, 15) is 13.2 Å². The summed E-state index contributed by atoms with van der Waals surface area (Å²) in [6.07, 6.45) is 6.54. The number of amides is 1. The van der Waals surface area contributed by atoms with Gasteiger partial charge in [0, 0.05) is 44.1 Å². The monoisotopic (exact) mass is 402 g/mol. The molecule has 28 heavy (non-hydrogen) atoms. The van der Waals surface area contributed by atoms with Crippen LogP contribution in [-0.4, -0.2) is 64.7 Å². The number of benzene rings is 1. The van der Waals surface area contributed by atoms with E-state index in [4.69, 9.17) is 0 Å². The Bertz CT molecular complexity index is 891. The lowest BCUT2D eigenvalue weighted by Gasteiger charge is -2.37. The molecule has 2 aliphatic rings. The van der Waals surface area contributed by atoms with Gasteiger partial charge in [-0.05, 0) is 43.9 Å². The average Bonchev–Trinajstić information content (AvgIpc) is 3.29. The first-order chi connectivity index (χ1) is 13.6. The molecule has 2 aromatic rings. The fourth-order valence-corrected chi connectivity index (χ4v) is 6.17. The highest BCUT2D eigenvalue weighted by atomic mass is 32.2. The van der Waals surface area contributed by atoms with Crippen molar-refractivity contribution < 1.29 is 13.2 Å². The molecule has 4 rings (SSSR count). The first kappa shape index (κ1) is 19.1. The third-order valence-electron chi connectivity index (χ3n) is 5.79. The van der Waals surface area contributed by atoms with Crippen molar-refractivity contribution in [3.63, 3.8) is 0 Å². The van der Waals surface area contributed by atoms with Gasteiger partial charge in [-0.1, -0.05) is 18.2 Å². The third-order valence-corrected chi connectivity index (χ3v) is 8.10. The second kappa shape index (κ2) is 8.05. The summed E-state index contributed by atoms with van der Waals surface area (Å²) in [5.41, 5.74) is 0.612. The molecule has 1 amide bonds. The molecule has 0 unspecified atom stereocenters. The van der Waals surface area contributed by atoms with Gasteiger partial charge >= 0.3 is 0 Å². The first-order valence-corrected chi connectivity index (χ1v) is 11.4. The molecule has 0 bridgehead atoms. The minimum Gasteiger partial charge on any atom is -0.337 e. The van der Waals surface area contributed by atoms with Crippen molar-refractivity contribution in [2.24, 2.45) is 0 Å². The Balaban J connectivity index is 1.41. The molecule has 0 spiro atoms. The van der Waals surface area contributed by atoms with Crippen LogP contribution >= 0.6 is 0 Å². The van der Waals surface area contributed by atoms with Crippen molar-refractivity contribution in [1.29, 1.82) is 0 Å². The highest BCUT2D eigenvalue weighted by Gasteiger charge is 2.38. The Morgan fingerprint density at radius 3 is 2.43 bits per heavy atom. The normalized spacial score (nSPS) is 22.3. The molecular weight excluding hydrogens is 376 g/mol. The van der Waals surface area contributed by atoms with E-state index in [0.29, 0.717) is 38.0 Å². The maximum Gasteiger partial charge on any atom is 0.253 e. The Morgan fingerprint density at radius 1 is 1.00 bits per heavy atom. The molecule has 0 saturated carbocycles. The second-order valence-electron chi connectivity index (χ2n) is 7.54. The smallest absolute Gasteiger partial charge is 0.253 e. The second-order valence-corrected chi connectivity index (χ2v) is 9.76. The van der Waals surface area contributed by atoms with Crippen molar-refractivity contribution in [1.82, 2.24) is 19.0 Å². The molecule has 1 aromatic carbocycles. The summed E-state index contributed by atoms with van der Waals surface area (Å²) in [4.78, 5) is 14.4. The highest BCUT2D eigenvalue weighted by molar-refractivity contribution is 7.89. The van der Waals surface area contributed by atoms with E-state index in [1.54, 1.807) is 27.5 Å². The number of likely N-dealkylation sites (tertiary alicyclic amines) is 1. The number of aromatic nitrogens is 2. The van der Waals surface area contributed by atoms with Crippen LogP contribution in [0.5, 0.6) is 0 Å². The number of rotatable bonds is 4. The molecule has 1 atom stereocenters. The number of carbonyl (C=O) groups is 1. The SMILES string of the molecule is O=C(c1ccccc1)N1CCC[C@H](S(=O)(=O)N2CCC(n3cccn3)CC2)C1. The summed E-state index contributed by atoms with van der Waals surface area (Å²) in [6.45, 7) is 1.91. The standard InChI is InChI=1S/C20H26N4O3S/c25-20(17-6-2-1-3-7-17)22-12-4-8-19(16-22)28(26,27)23-14-9-18(10-15-23)24-13-5-11-21-24/h1-3,5-7,11,13,18-19H,4,8-10,12,14-16H2/t19-/m0/s1. The van der Waals surface area contributed by atoms with Crippen molar-refractivity contribution in [2.75, 3.05) is 26.2 Å². The maximum atomic E-state index is 13.2. The quantitative estimate of drug-likeness (QED) is 0.785. The molecule has 1 aromatic heterocycles. The average molecular weight is 403 g/mol. The van der Waals surface area contributed by atoms with Crippen LogP contribution in [0.1, 0.15) is 42.1 Å². The molecular formula is C20H26N4O3S. The summed E-state index contributed by atoms with van der Waals surface area (Å²) >= 11 is 0. The van der Waals surface area contributed by atoms with Gasteiger partial charge in [-0.15, -0.1) is 0 Å². The fraction of sp³-hybridized carbons (Fsp3) is 0.500. The predicted molar refractivity (Wildman–Crippen MR) is 106 cm³/mol. The van der Waals surface area contributed by atoms with Crippen LogP contribution in [0.2, 0.25) is 0 Å². The zero-order valence-corrected chi connectivity index (χ0v) is 16.7. The first-order valence-electron chi connectivity index (χ1n) is 9.88. The van der Waals surface area contributed by atoms with Gasteiger partial charge in [-0.2, -0.15) is 5.10 Å². The van der Waals surface area contributed by atoms with Gasteiger partial charge in [0.2, 0.25) is 10.0 Å². The zero-order chi connectivity index (χ0) is 19.6. The number of hydrogen-bond donors (Lipinski definition) is 0. The van der Waals surface area contributed by atoms with Gasteiger partial charge in [0.05, 0.1) is 11.3 Å². The molecule has 0 radical (unpaired) electrons. The highest BCUT2D eigenvalue weighted by Crippen LogP contribution is 2.28. The van der Waals surface area contributed by atoms with Crippen LogP contribution in [0.4, 0.5) is 0 Å². The lowest BCUT2D eigenvalue weighted by molar-refractivity contribution is 0.0725. The van der Waals surface area contributed by atoms with Gasteiger partial charge in [-0.3, -0.25) is 9.48 Å². The Labute approximate surface area is 166 Å². The summed E-state index contributed by atoms with van der Waals surface area (Å²) < 4.78 is 29.9. The minimum atomic E-state index is -3.42. The van der Waals surface area contributed by atoms with Crippen LogP contribution in [0.25, 0.3) is 0 Å². The van der Waals surface area contributed by atoms with E-state index in [0.717, 1.165) is 12.8 Å². The zero-order valence-electron chi connectivity index (χ0n) is 15.9. The predicted octanol–water partition coefficient (Wildman–Crippen LogP) is 2.15. The summed E-state index contributed by atoms with van der Waals surface area (Å²) in [5.74, 6) is -0.0853. The van der Waals surface area contributed by atoms with E-state index in [1.165, 1.54) is 0 Å². The van der Waals surface area contributed by atoms with Gasteiger partial charge in [-0.25, -0.2) is 12.7 Å². The summed E-state index contributed by atoms with van der Waals surface area (Å²) in [7, 11) is -3.42. The number of sulfonamides is 1. The number of carbonyl (C=O) groups excluding carboxylic acids is 1.